The Kier molecular flexibility index (Phi) is 7.75. The van der Waals surface area contributed by atoms with Crippen molar-refractivity contribution in [1.29, 1.82) is 0 Å². The van der Waals surface area contributed by atoms with Gasteiger partial charge in [-0.25, -0.2) is 0 Å². The first-order chi connectivity index (χ1) is 14.5. The Hall–Kier alpha value is -2.52. The highest BCUT2D eigenvalue weighted by Gasteiger charge is 2.30. The Labute approximate surface area is 184 Å². The van der Waals surface area contributed by atoms with Crippen LogP contribution >= 0.6 is 22.9 Å². The molecule has 1 aliphatic rings. The number of unbranched alkanes of at least 4 members (excludes halogenated alkanes) is 1. The Balaban J connectivity index is 1.59. The van der Waals surface area contributed by atoms with E-state index in [0.29, 0.717) is 30.3 Å². The van der Waals surface area contributed by atoms with Crippen LogP contribution in [0.15, 0.2) is 24.3 Å². The predicted molar refractivity (Wildman–Crippen MR) is 116 cm³/mol. The largest absolute Gasteiger partial charge is 0.356 e. The molecule has 10 heteroatoms. The monoisotopic (exact) mass is 449 g/mol. The lowest BCUT2D eigenvalue weighted by Crippen LogP contribution is -2.45. The van der Waals surface area contributed by atoms with E-state index in [1.807, 2.05) is 0 Å². The highest BCUT2D eigenvalue weighted by molar-refractivity contribution is 7.15. The van der Waals surface area contributed by atoms with Crippen LogP contribution in [0.1, 0.15) is 52.2 Å². The highest BCUT2D eigenvalue weighted by Crippen LogP contribution is 2.21. The summed E-state index contributed by atoms with van der Waals surface area (Å²) in [6.45, 7) is 3.63. The van der Waals surface area contributed by atoms with Crippen molar-refractivity contribution in [3.05, 3.63) is 39.3 Å². The molecule has 0 unspecified atom stereocenters. The summed E-state index contributed by atoms with van der Waals surface area (Å²) in [5, 5.41) is 14.1. The van der Waals surface area contributed by atoms with Crippen molar-refractivity contribution in [1.82, 2.24) is 20.4 Å². The number of halogens is 1. The van der Waals surface area contributed by atoms with Gasteiger partial charge in [0.05, 0.1) is 5.92 Å². The molecule has 0 radical (unpaired) electrons. The molecular formula is C20H24ClN5O3S. The average molecular weight is 450 g/mol. The van der Waals surface area contributed by atoms with Gasteiger partial charge in [0.25, 0.3) is 11.8 Å². The number of likely N-dealkylation sites (tertiary alicyclic amines) is 1. The van der Waals surface area contributed by atoms with Gasteiger partial charge in [0, 0.05) is 30.3 Å². The molecule has 3 amide bonds. The van der Waals surface area contributed by atoms with Crippen LogP contribution in [0.3, 0.4) is 0 Å². The summed E-state index contributed by atoms with van der Waals surface area (Å²) in [6.07, 6.45) is 3.45. The lowest BCUT2D eigenvalue weighted by molar-refractivity contribution is -0.126. The first kappa shape index (κ1) is 22.2. The SMILES string of the molecule is CCCCNC(=O)[C@@H]1CCCN(C(=O)c2nnc(C(=O)Nc3cccc(Cl)c3)s2)C1. The van der Waals surface area contributed by atoms with Gasteiger partial charge in [0.1, 0.15) is 0 Å². The summed E-state index contributed by atoms with van der Waals surface area (Å²) in [6, 6.07) is 6.75. The maximum Gasteiger partial charge on any atom is 0.286 e. The van der Waals surface area contributed by atoms with Crippen molar-refractivity contribution in [2.45, 2.75) is 32.6 Å². The van der Waals surface area contributed by atoms with Gasteiger partial charge in [-0.15, -0.1) is 10.2 Å². The van der Waals surface area contributed by atoms with Gasteiger partial charge in [0.15, 0.2) is 0 Å². The third-order valence-electron chi connectivity index (χ3n) is 4.79. The fraction of sp³-hybridized carbons (Fsp3) is 0.450. The summed E-state index contributed by atoms with van der Waals surface area (Å²) in [5.41, 5.74) is 0.531. The molecule has 2 heterocycles. The molecule has 30 heavy (non-hydrogen) atoms. The second kappa shape index (κ2) is 10.5. The first-order valence-corrected chi connectivity index (χ1v) is 11.1. The third-order valence-corrected chi connectivity index (χ3v) is 5.94. The first-order valence-electron chi connectivity index (χ1n) is 9.95. The van der Waals surface area contributed by atoms with Gasteiger partial charge < -0.3 is 15.5 Å². The Morgan fingerprint density at radius 2 is 2.07 bits per heavy atom. The zero-order valence-electron chi connectivity index (χ0n) is 16.7. The van der Waals surface area contributed by atoms with Gasteiger partial charge in [-0.2, -0.15) is 0 Å². The summed E-state index contributed by atoms with van der Waals surface area (Å²) < 4.78 is 0. The van der Waals surface area contributed by atoms with Crippen LogP contribution in [0, 0.1) is 5.92 Å². The van der Waals surface area contributed by atoms with Gasteiger partial charge in [-0.1, -0.05) is 42.3 Å². The van der Waals surface area contributed by atoms with Crippen LogP contribution in [0.5, 0.6) is 0 Å². The Morgan fingerprint density at radius 3 is 2.83 bits per heavy atom. The van der Waals surface area contributed by atoms with Crippen molar-refractivity contribution < 1.29 is 14.4 Å². The van der Waals surface area contributed by atoms with E-state index in [9.17, 15) is 14.4 Å². The number of piperidine rings is 1. The molecule has 1 fully saturated rings. The van der Waals surface area contributed by atoms with Gasteiger partial charge in [-0.3, -0.25) is 14.4 Å². The molecule has 2 N–H and O–H groups in total. The van der Waals surface area contributed by atoms with Crippen LogP contribution < -0.4 is 10.6 Å². The van der Waals surface area contributed by atoms with E-state index in [1.54, 1.807) is 29.2 Å². The van der Waals surface area contributed by atoms with Crippen LogP contribution in [0.25, 0.3) is 0 Å². The lowest BCUT2D eigenvalue weighted by atomic mass is 9.97. The van der Waals surface area contributed by atoms with E-state index in [1.165, 1.54) is 0 Å². The molecule has 1 atom stereocenters. The summed E-state index contributed by atoms with van der Waals surface area (Å²) >= 11 is 6.85. The van der Waals surface area contributed by atoms with Gasteiger partial charge >= 0.3 is 0 Å². The number of hydrogen-bond acceptors (Lipinski definition) is 6. The molecule has 2 aromatic rings. The minimum absolute atomic E-state index is 0.0141. The van der Waals surface area contributed by atoms with Crippen LogP contribution in [0.2, 0.25) is 5.02 Å². The quantitative estimate of drug-likeness (QED) is 0.631. The molecule has 0 saturated carbocycles. The number of carbonyl (C=O) groups excluding carboxylic acids is 3. The van der Waals surface area contributed by atoms with E-state index in [2.05, 4.69) is 27.8 Å². The molecule has 3 rings (SSSR count). The van der Waals surface area contributed by atoms with Crippen molar-refractivity contribution in [3.8, 4) is 0 Å². The number of hydrogen-bond donors (Lipinski definition) is 2. The smallest absolute Gasteiger partial charge is 0.286 e. The zero-order valence-corrected chi connectivity index (χ0v) is 18.3. The van der Waals surface area contributed by atoms with Crippen LogP contribution in [-0.4, -0.2) is 52.5 Å². The van der Waals surface area contributed by atoms with E-state index in [0.717, 1.165) is 37.0 Å². The van der Waals surface area contributed by atoms with Crippen LogP contribution in [-0.2, 0) is 4.79 Å². The topological polar surface area (TPSA) is 104 Å². The van der Waals surface area contributed by atoms with E-state index in [4.69, 9.17) is 11.6 Å². The fourth-order valence-corrected chi connectivity index (χ4v) is 4.09. The number of carbonyl (C=O) groups is 3. The summed E-state index contributed by atoms with van der Waals surface area (Å²) in [4.78, 5) is 39.1. The predicted octanol–water partition coefficient (Wildman–Crippen LogP) is 3.21. The van der Waals surface area contributed by atoms with E-state index < -0.39 is 5.91 Å². The van der Waals surface area contributed by atoms with Crippen molar-refractivity contribution >= 4 is 46.3 Å². The molecule has 160 valence electrons. The standard InChI is InChI=1S/C20H24ClN5O3S/c1-2-3-9-22-16(27)13-6-5-10-26(12-13)20(29)19-25-24-18(30-19)17(28)23-15-8-4-7-14(21)11-15/h4,7-8,11,13H,2-3,5-6,9-10,12H2,1H3,(H,22,27)(H,23,28)/t13-/m1/s1. The number of nitrogens with zero attached hydrogens (tertiary/aromatic N) is 3. The minimum atomic E-state index is -0.458. The number of aromatic nitrogens is 2. The van der Waals surface area contributed by atoms with E-state index in [-0.39, 0.29) is 27.7 Å². The number of benzene rings is 1. The number of nitrogens with one attached hydrogen (secondary N) is 2. The fourth-order valence-electron chi connectivity index (χ4n) is 3.20. The molecule has 1 aliphatic heterocycles. The van der Waals surface area contributed by atoms with E-state index >= 15 is 0 Å². The zero-order chi connectivity index (χ0) is 21.5. The molecule has 1 aromatic heterocycles. The number of amides is 3. The van der Waals surface area contributed by atoms with Gasteiger partial charge in [-0.05, 0) is 37.5 Å². The molecule has 0 aliphatic carbocycles. The molecule has 0 spiro atoms. The Morgan fingerprint density at radius 1 is 1.27 bits per heavy atom. The second-order valence-electron chi connectivity index (χ2n) is 7.11. The molecule has 1 saturated heterocycles. The molecular weight excluding hydrogens is 426 g/mol. The summed E-state index contributed by atoms with van der Waals surface area (Å²) in [7, 11) is 0. The minimum Gasteiger partial charge on any atom is -0.356 e. The molecule has 1 aromatic carbocycles. The third kappa shape index (κ3) is 5.76. The molecule has 0 bridgehead atoms. The number of rotatable bonds is 7. The number of anilines is 1. The highest BCUT2D eigenvalue weighted by atomic mass is 35.5. The maximum absolute atomic E-state index is 12.8. The summed E-state index contributed by atoms with van der Waals surface area (Å²) in [5.74, 6) is -1.00. The normalized spacial score (nSPS) is 16.2. The van der Waals surface area contributed by atoms with Crippen molar-refractivity contribution in [3.63, 3.8) is 0 Å². The lowest BCUT2D eigenvalue weighted by Gasteiger charge is -2.31. The Bertz CT molecular complexity index is 919. The van der Waals surface area contributed by atoms with Gasteiger partial charge in [0.2, 0.25) is 15.9 Å². The van der Waals surface area contributed by atoms with Crippen molar-refractivity contribution in [2.24, 2.45) is 5.92 Å². The van der Waals surface area contributed by atoms with Crippen molar-refractivity contribution in [2.75, 3.05) is 25.0 Å². The molecule has 8 nitrogen and oxygen atoms in total. The average Bonchev–Trinajstić information content (AvgIpc) is 3.24. The maximum atomic E-state index is 12.8. The second-order valence-corrected chi connectivity index (χ2v) is 8.53. The van der Waals surface area contributed by atoms with Crippen LogP contribution in [0.4, 0.5) is 5.69 Å².